The second kappa shape index (κ2) is 10.9. The largest absolute Gasteiger partial charge is 0.493 e. The van der Waals surface area contributed by atoms with Gasteiger partial charge in [0.15, 0.2) is 23.0 Å². The summed E-state index contributed by atoms with van der Waals surface area (Å²) < 4.78 is 12.6. The molecule has 10 nitrogen and oxygen atoms in total. The Morgan fingerprint density at radius 2 is 1.62 bits per heavy atom. The molecule has 0 aliphatic carbocycles. The van der Waals surface area contributed by atoms with Gasteiger partial charge in [0.2, 0.25) is 0 Å². The average molecular weight is 523 g/mol. The van der Waals surface area contributed by atoms with E-state index in [1.54, 1.807) is 69.9 Å². The number of nitrogens with zero attached hydrogens (tertiary/aromatic N) is 3. The molecule has 0 aliphatic rings. The number of anilines is 3. The maximum Gasteiger partial charge on any atom is 0.255 e. The molecular formula is C29H26N6O4. The lowest BCUT2D eigenvalue weighted by atomic mass is 10.1. The van der Waals surface area contributed by atoms with E-state index in [-0.39, 0.29) is 11.8 Å². The second-order valence-corrected chi connectivity index (χ2v) is 8.52. The smallest absolute Gasteiger partial charge is 0.255 e. The summed E-state index contributed by atoms with van der Waals surface area (Å²) in [6, 6.07) is 19.4. The van der Waals surface area contributed by atoms with E-state index in [1.807, 2.05) is 41.1 Å². The predicted octanol–water partition coefficient (Wildman–Crippen LogP) is 4.77. The van der Waals surface area contributed by atoms with Gasteiger partial charge in [-0.25, -0.2) is 9.97 Å². The monoisotopic (exact) mass is 522 g/mol. The van der Waals surface area contributed by atoms with Gasteiger partial charge in [0.1, 0.15) is 0 Å². The van der Waals surface area contributed by atoms with Crippen LogP contribution >= 0.6 is 0 Å². The number of hydrogen-bond donors (Lipinski definition) is 3. The van der Waals surface area contributed by atoms with E-state index in [2.05, 4.69) is 20.9 Å². The molecule has 3 N–H and O–H groups in total. The zero-order valence-corrected chi connectivity index (χ0v) is 21.6. The molecule has 0 atom stereocenters. The van der Waals surface area contributed by atoms with E-state index in [1.165, 1.54) is 0 Å². The molecule has 3 aromatic carbocycles. The van der Waals surface area contributed by atoms with Gasteiger partial charge in [-0.3, -0.25) is 9.59 Å². The van der Waals surface area contributed by atoms with Gasteiger partial charge in [-0.2, -0.15) is 0 Å². The van der Waals surface area contributed by atoms with Crippen LogP contribution in [0.25, 0.3) is 16.9 Å². The first-order chi connectivity index (χ1) is 19.0. The van der Waals surface area contributed by atoms with Gasteiger partial charge in [0.05, 0.1) is 19.9 Å². The number of amides is 2. The van der Waals surface area contributed by atoms with Crippen molar-refractivity contribution < 1.29 is 19.1 Å². The summed E-state index contributed by atoms with van der Waals surface area (Å²) in [4.78, 5) is 34.0. The predicted molar refractivity (Wildman–Crippen MR) is 149 cm³/mol. The second-order valence-electron chi connectivity index (χ2n) is 8.52. The van der Waals surface area contributed by atoms with Crippen molar-refractivity contribution in [1.82, 2.24) is 19.7 Å². The van der Waals surface area contributed by atoms with Gasteiger partial charge < -0.3 is 29.8 Å². The first-order valence-corrected chi connectivity index (χ1v) is 12.1. The summed E-state index contributed by atoms with van der Waals surface area (Å²) in [7, 11) is 4.73. The zero-order chi connectivity index (χ0) is 27.4. The van der Waals surface area contributed by atoms with Gasteiger partial charge in [-0.15, -0.1) is 0 Å². The fraction of sp³-hybridized carbons (Fsp3) is 0.103. The molecule has 0 saturated heterocycles. The number of aromatic nitrogens is 3. The minimum absolute atomic E-state index is 0.192. The molecule has 0 saturated carbocycles. The van der Waals surface area contributed by atoms with Gasteiger partial charge in [-0.1, -0.05) is 12.1 Å². The Morgan fingerprint density at radius 1 is 0.846 bits per heavy atom. The summed E-state index contributed by atoms with van der Waals surface area (Å²) in [6.07, 6.45) is 5.38. The van der Waals surface area contributed by atoms with Crippen LogP contribution in [-0.2, 0) is 0 Å². The van der Waals surface area contributed by atoms with Crippen molar-refractivity contribution in [1.29, 1.82) is 0 Å². The van der Waals surface area contributed by atoms with E-state index < -0.39 is 0 Å². The van der Waals surface area contributed by atoms with Crippen molar-refractivity contribution in [2.75, 3.05) is 31.9 Å². The third-order valence-electron chi connectivity index (χ3n) is 6.07. The standard InChI is InChI=1S/C29H26N6O4/c1-30-28(36)18-7-9-21(10-8-18)33-29(37)20-6-4-5-19(15-20)23-17-35-14-13-31-27(35)26(34-23)32-22-11-12-24(38-2)25(16-22)39-3/h4-17H,1-3H3,(H,30,36)(H,32,34)(H,33,37). The molecule has 0 spiro atoms. The van der Waals surface area contributed by atoms with Crippen LogP contribution in [0.4, 0.5) is 17.2 Å². The molecular weight excluding hydrogens is 496 g/mol. The Kier molecular flexibility index (Phi) is 7.09. The number of fused-ring (bicyclic) bond motifs is 1. The highest BCUT2D eigenvalue weighted by Gasteiger charge is 2.14. The maximum atomic E-state index is 13.0. The highest BCUT2D eigenvalue weighted by atomic mass is 16.5. The van der Waals surface area contributed by atoms with Crippen molar-refractivity contribution in [3.63, 3.8) is 0 Å². The fourth-order valence-corrected chi connectivity index (χ4v) is 4.08. The first kappa shape index (κ1) is 25.3. The summed E-state index contributed by atoms with van der Waals surface area (Å²) in [6.45, 7) is 0. The maximum absolute atomic E-state index is 13.0. The van der Waals surface area contributed by atoms with Crippen LogP contribution in [0.1, 0.15) is 20.7 Å². The third kappa shape index (κ3) is 5.35. The van der Waals surface area contributed by atoms with Crippen LogP contribution in [-0.4, -0.2) is 47.5 Å². The summed E-state index contributed by atoms with van der Waals surface area (Å²) >= 11 is 0. The van der Waals surface area contributed by atoms with Gasteiger partial charge in [0.25, 0.3) is 11.8 Å². The van der Waals surface area contributed by atoms with Crippen molar-refractivity contribution in [3.8, 4) is 22.8 Å². The molecule has 0 bridgehead atoms. The fourth-order valence-electron chi connectivity index (χ4n) is 4.08. The molecule has 39 heavy (non-hydrogen) atoms. The Balaban J connectivity index is 1.42. The lowest BCUT2D eigenvalue weighted by molar-refractivity contribution is 0.0962. The molecule has 2 aromatic heterocycles. The normalized spacial score (nSPS) is 10.6. The molecule has 5 rings (SSSR count). The Bertz CT molecular complexity index is 1660. The van der Waals surface area contributed by atoms with Crippen LogP contribution < -0.4 is 25.4 Å². The highest BCUT2D eigenvalue weighted by molar-refractivity contribution is 6.05. The van der Waals surface area contributed by atoms with E-state index >= 15 is 0 Å². The van der Waals surface area contributed by atoms with Crippen molar-refractivity contribution in [2.45, 2.75) is 0 Å². The van der Waals surface area contributed by atoms with Crippen molar-refractivity contribution >= 4 is 34.7 Å². The summed E-state index contributed by atoms with van der Waals surface area (Å²) in [5, 5.41) is 8.76. The number of ether oxygens (including phenoxy) is 2. The molecule has 5 aromatic rings. The number of carbonyl (C=O) groups is 2. The van der Waals surface area contributed by atoms with E-state index in [9.17, 15) is 9.59 Å². The van der Waals surface area contributed by atoms with Crippen LogP contribution in [0, 0.1) is 0 Å². The molecule has 0 fully saturated rings. The first-order valence-electron chi connectivity index (χ1n) is 12.1. The SMILES string of the molecule is CNC(=O)c1ccc(NC(=O)c2cccc(-c3cn4ccnc4c(Nc4ccc(OC)c(OC)c4)n3)c2)cc1. The van der Waals surface area contributed by atoms with Crippen LogP contribution in [0.5, 0.6) is 11.5 Å². The van der Waals surface area contributed by atoms with Crippen LogP contribution in [0.15, 0.2) is 85.3 Å². The van der Waals surface area contributed by atoms with Crippen LogP contribution in [0.2, 0.25) is 0 Å². The molecule has 0 unspecified atom stereocenters. The van der Waals surface area contributed by atoms with E-state index in [0.717, 1.165) is 11.3 Å². The van der Waals surface area contributed by atoms with Gasteiger partial charge in [-0.05, 0) is 48.5 Å². The van der Waals surface area contributed by atoms with Crippen molar-refractivity contribution in [3.05, 3.63) is 96.4 Å². The molecule has 196 valence electrons. The van der Waals surface area contributed by atoms with Crippen molar-refractivity contribution in [2.24, 2.45) is 0 Å². The Morgan fingerprint density at radius 3 is 2.36 bits per heavy atom. The highest BCUT2D eigenvalue weighted by Crippen LogP contribution is 2.32. The molecule has 2 amide bonds. The summed E-state index contributed by atoms with van der Waals surface area (Å²) in [5.41, 5.74) is 4.34. The lowest BCUT2D eigenvalue weighted by Crippen LogP contribution is -2.17. The Hall–Kier alpha value is -5.38. The van der Waals surface area contributed by atoms with Gasteiger partial charge >= 0.3 is 0 Å². The number of carbonyl (C=O) groups excluding carboxylic acids is 2. The number of benzene rings is 3. The number of methoxy groups -OCH3 is 2. The molecule has 2 heterocycles. The molecule has 0 aliphatic heterocycles. The number of rotatable bonds is 8. The van der Waals surface area contributed by atoms with E-state index in [4.69, 9.17) is 14.5 Å². The minimum atomic E-state index is -0.281. The number of nitrogens with one attached hydrogen (secondary N) is 3. The molecule has 0 radical (unpaired) electrons. The minimum Gasteiger partial charge on any atom is -0.493 e. The lowest BCUT2D eigenvalue weighted by Gasteiger charge is -2.13. The number of hydrogen-bond acceptors (Lipinski definition) is 7. The van der Waals surface area contributed by atoms with Crippen LogP contribution in [0.3, 0.4) is 0 Å². The third-order valence-corrected chi connectivity index (χ3v) is 6.07. The summed E-state index contributed by atoms with van der Waals surface area (Å²) in [5.74, 6) is 1.27. The quantitative estimate of drug-likeness (QED) is 0.269. The molecule has 10 heteroatoms. The van der Waals surface area contributed by atoms with E-state index in [0.29, 0.717) is 45.5 Å². The van der Waals surface area contributed by atoms with Gasteiger partial charge in [0, 0.05) is 59.8 Å². The zero-order valence-electron chi connectivity index (χ0n) is 21.6. The average Bonchev–Trinajstić information content (AvgIpc) is 3.46. The Labute approximate surface area is 224 Å². The number of imidazole rings is 1. The topological polar surface area (TPSA) is 119 Å².